The largest absolute Gasteiger partial charge is 0.327 e. The van der Waals surface area contributed by atoms with Gasteiger partial charge in [0.2, 0.25) is 0 Å². The Labute approximate surface area is 119 Å². The summed E-state index contributed by atoms with van der Waals surface area (Å²) in [6.07, 6.45) is 5.63. The van der Waals surface area contributed by atoms with E-state index in [1.54, 1.807) is 11.8 Å². The maximum absolute atomic E-state index is 6.02. The molecule has 0 aliphatic rings. The summed E-state index contributed by atoms with van der Waals surface area (Å²) in [6.45, 7) is 4.29. The molecule has 19 heavy (non-hydrogen) atoms. The number of aromatic nitrogens is 1. The van der Waals surface area contributed by atoms with Crippen molar-refractivity contribution in [2.75, 3.05) is 0 Å². The van der Waals surface area contributed by atoms with Crippen LogP contribution in [0.5, 0.6) is 0 Å². The molecule has 0 saturated heterocycles. The molecule has 0 radical (unpaired) electrons. The number of benzene rings is 1. The predicted molar refractivity (Wildman–Crippen MR) is 81.5 cm³/mol. The summed E-state index contributed by atoms with van der Waals surface area (Å²) in [5.74, 6) is 0. The summed E-state index contributed by atoms with van der Waals surface area (Å²) in [5.41, 5.74) is 8.70. The molecular formula is C16H20N2S. The minimum absolute atomic E-state index is 0.261. The van der Waals surface area contributed by atoms with Gasteiger partial charge in [0.05, 0.1) is 0 Å². The van der Waals surface area contributed by atoms with Crippen molar-refractivity contribution in [1.29, 1.82) is 0 Å². The highest BCUT2D eigenvalue weighted by Crippen LogP contribution is 2.28. The molecule has 0 bridgehead atoms. The molecule has 1 unspecified atom stereocenters. The molecule has 100 valence electrons. The van der Waals surface area contributed by atoms with E-state index in [0.29, 0.717) is 0 Å². The van der Waals surface area contributed by atoms with Crippen LogP contribution in [0, 0.1) is 6.92 Å². The smallest absolute Gasteiger partial charge is 0.0279 e. The highest BCUT2D eigenvalue weighted by atomic mass is 32.2. The molecule has 2 aromatic rings. The highest BCUT2D eigenvalue weighted by Gasteiger charge is 2.06. The molecule has 0 amide bonds. The Morgan fingerprint density at radius 3 is 2.53 bits per heavy atom. The van der Waals surface area contributed by atoms with E-state index in [-0.39, 0.29) is 6.04 Å². The van der Waals surface area contributed by atoms with Crippen LogP contribution in [-0.4, -0.2) is 11.0 Å². The molecule has 0 aliphatic carbocycles. The van der Waals surface area contributed by atoms with E-state index >= 15 is 0 Å². The molecule has 3 heteroatoms. The van der Waals surface area contributed by atoms with Crippen LogP contribution in [0.4, 0.5) is 0 Å². The fraction of sp³-hybridized carbons (Fsp3) is 0.312. The van der Waals surface area contributed by atoms with Gasteiger partial charge in [0.25, 0.3) is 0 Å². The van der Waals surface area contributed by atoms with Crippen molar-refractivity contribution in [2.45, 2.75) is 42.5 Å². The van der Waals surface area contributed by atoms with E-state index in [1.807, 2.05) is 24.5 Å². The molecule has 0 fully saturated rings. The molecular weight excluding hydrogens is 252 g/mol. The zero-order valence-corrected chi connectivity index (χ0v) is 12.3. The van der Waals surface area contributed by atoms with E-state index in [2.05, 4.69) is 37.0 Å². The van der Waals surface area contributed by atoms with Crippen molar-refractivity contribution in [3.05, 3.63) is 53.9 Å². The molecule has 0 aliphatic heterocycles. The summed E-state index contributed by atoms with van der Waals surface area (Å²) in [7, 11) is 0. The van der Waals surface area contributed by atoms with Crippen LogP contribution < -0.4 is 5.73 Å². The first kappa shape index (κ1) is 14.1. The molecule has 1 aromatic heterocycles. The van der Waals surface area contributed by atoms with Gasteiger partial charge in [-0.05, 0) is 55.2 Å². The van der Waals surface area contributed by atoms with Crippen molar-refractivity contribution >= 4 is 11.8 Å². The van der Waals surface area contributed by atoms with E-state index in [9.17, 15) is 0 Å². The quantitative estimate of drug-likeness (QED) is 0.899. The van der Waals surface area contributed by atoms with Gasteiger partial charge in [-0.3, -0.25) is 4.98 Å². The summed E-state index contributed by atoms with van der Waals surface area (Å²) in [6, 6.07) is 10.9. The van der Waals surface area contributed by atoms with Gasteiger partial charge in [-0.25, -0.2) is 0 Å². The fourth-order valence-electron chi connectivity index (χ4n) is 1.93. The second-order valence-electron chi connectivity index (χ2n) is 4.75. The minimum atomic E-state index is 0.261. The first-order valence-corrected chi connectivity index (χ1v) is 7.43. The molecule has 1 atom stereocenters. The Bertz CT molecular complexity index is 526. The second kappa shape index (κ2) is 6.73. The summed E-state index contributed by atoms with van der Waals surface area (Å²) >= 11 is 1.76. The Hall–Kier alpha value is -1.32. The number of rotatable bonds is 5. The van der Waals surface area contributed by atoms with E-state index in [4.69, 9.17) is 5.73 Å². The van der Waals surface area contributed by atoms with Gasteiger partial charge in [0.1, 0.15) is 0 Å². The van der Waals surface area contributed by atoms with Crippen LogP contribution in [0.1, 0.15) is 24.5 Å². The Balaban J connectivity index is 2.10. The number of nitrogens with zero attached hydrogens (tertiary/aromatic N) is 1. The predicted octanol–water partition coefficient (Wildman–Crippen LogP) is 3.82. The molecule has 1 heterocycles. The van der Waals surface area contributed by atoms with Gasteiger partial charge in [-0.1, -0.05) is 24.8 Å². The maximum atomic E-state index is 6.02. The van der Waals surface area contributed by atoms with Gasteiger partial charge < -0.3 is 5.73 Å². The van der Waals surface area contributed by atoms with Crippen LogP contribution in [0.25, 0.3) is 0 Å². The zero-order valence-electron chi connectivity index (χ0n) is 11.5. The number of aryl methyl sites for hydroxylation is 1. The van der Waals surface area contributed by atoms with Gasteiger partial charge in [0, 0.05) is 28.2 Å². The van der Waals surface area contributed by atoms with Gasteiger partial charge in [-0.2, -0.15) is 0 Å². The fourth-order valence-corrected chi connectivity index (χ4v) is 2.83. The summed E-state index contributed by atoms with van der Waals surface area (Å²) < 4.78 is 0. The third-order valence-electron chi connectivity index (χ3n) is 3.21. The van der Waals surface area contributed by atoms with Crippen LogP contribution in [0.3, 0.4) is 0 Å². The lowest BCUT2D eigenvalue weighted by Gasteiger charge is -2.12. The number of nitrogens with two attached hydrogens (primary N) is 1. The monoisotopic (exact) mass is 272 g/mol. The summed E-state index contributed by atoms with van der Waals surface area (Å²) in [4.78, 5) is 6.51. The SMILES string of the molecule is CCC(N)Cc1ccc(Sc2ccncc2)cc1C. The lowest BCUT2D eigenvalue weighted by atomic mass is 10.0. The molecule has 1 aromatic carbocycles. The first-order valence-electron chi connectivity index (χ1n) is 6.62. The van der Waals surface area contributed by atoms with Gasteiger partial charge in [0.15, 0.2) is 0 Å². The normalized spacial score (nSPS) is 12.4. The van der Waals surface area contributed by atoms with Crippen molar-refractivity contribution in [3.8, 4) is 0 Å². The van der Waals surface area contributed by atoms with Crippen molar-refractivity contribution in [3.63, 3.8) is 0 Å². The lowest BCUT2D eigenvalue weighted by molar-refractivity contribution is 0.644. The van der Waals surface area contributed by atoms with E-state index < -0.39 is 0 Å². The highest BCUT2D eigenvalue weighted by molar-refractivity contribution is 7.99. The van der Waals surface area contributed by atoms with Crippen LogP contribution in [0.2, 0.25) is 0 Å². The number of pyridine rings is 1. The Kier molecular flexibility index (Phi) is 5.00. The Morgan fingerprint density at radius 2 is 1.89 bits per heavy atom. The van der Waals surface area contributed by atoms with Crippen molar-refractivity contribution < 1.29 is 0 Å². The van der Waals surface area contributed by atoms with Gasteiger partial charge >= 0.3 is 0 Å². The third-order valence-corrected chi connectivity index (χ3v) is 4.20. The molecule has 2 N–H and O–H groups in total. The maximum Gasteiger partial charge on any atom is 0.0279 e. The topological polar surface area (TPSA) is 38.9 Å². The molecule has 0 spiro atoms. The summed E-state index contributed by atoms with van der Waals surface area (Å²) in [5, 5.41) is 0. The van der Waals surface area contributed by atoms with Crippen molar-refractivity contribution in [2.24, 2.45) is 5.73 Å². The number of hydrogen-bond acceptors (Lipinski definition) is 3. The van der Waals surface area contributed by atoms with E-state index in [1.165, 1.54) is 20.9 Å². The molecule has 2 rings (SSSR count). The average Bonchev–Trinajstić information content (AvgIpc) is 2.43. The lowest BCUT2D eigenvalue weighted by Crippen LogP contribution is -2.21. The van der Waals surface area contributed by atoms with Crippen LogP contribution in [0.15, 0.2) is 52.5 Å². The number of hydrogen-bond donors (Lipinski definition) is 1. The Morgan fingerprint density at radius 1 is 1.16 bits per heavy atom. The standard InChI is InChI=1S/C16H20N2S/c1-3-14(17)11-13-4-5-16(10-12(13)2)19-15-6-8-18-9-7-15/h4-10,14H,3,11,17H2,1-2H3. The van der Waals surface area contributed by atoms with Crippen molar-refractivity contribution in [1.82, 2.24) is 4.98 Å². The minimum Gasteiger partial charge on any atom is -0.327 e. The average molecular weight is 272 g/mol. The van der Waals surface area contributed by atoms with Gasteiger partial charge in [-0.15, -0.1) is 0 Å². The van der Waals surface area contributed by atoms with Crippen LogP contribution >= 0.6 is 11.8 Å². The second-order valence-corrected chi connectivity index (χ2v) is 5.89. The third kappa shape index (κ3) is 4.08. The first-order chi connectivity index (χ1) is 9.19. The molecule has 0 saturated carbocycles. The van der Waals surface area contributed by atoms with E-state index in [0.717, 1.165) is 12.8 Å². The zero-order chi connectivity index (χ0) is 13.7. The molecule has 2 nitrogen and oxygen atoms in total. The van der Waals surface area contributed by atoms with Crippen LogP contribution in [-0.2, 0) is 6.42 Å².